The van der Waals surface area contributed by atoms with Gasteiger partial charge in [-0.3, -0.25) is 49.5 Å². The third-order valence-electron chi connectivity index (χ3n) is 22.0. The van der Waals surface area contributed by atoms with Crippen LogP contribution in [0.3, 0.4) is 0 Å². The summed E-state index contributed by atoms with van der Waals surface area (Å²) in [5.41, 5.74) is 14.9. The summed E-state index contributed by atoms with van der Waals surface area (Å²) in [6, 6.07) is 43.8. The second kappa shape index (κ2) is 40.5. The highest BCUT2D eigenvalue weighted by Crippen LogP contribution is 2.37. The van der Waals surface area contributed by atoms with Gasteiger partial charge in [-0.15, -0.1) is 0 Å². The molecule has 0 atom stereocenters. The Hall–Kier alpha value is -15.8. The van der Waals surface area contributed by atoms with Crippen LogP contribution in [0, 0.1) is 18.6 Å². The lowest BCUT2D eigenvalue weighted by atomic mass is 10.1. The third-order valence-corrected chi connectivity index (χ3v) is 22.0. The summed E-state index contributed by atoms with van der Waals surface area (Å²) in [7, 11) is 4.66. The fourth-order valence-corrected chi connectivity index (χ4v) is 15.1. The highest BCUT2D eigenvalue weighted by Gasteiger charge is 2.33. The van der Waals surface area contributed by atoms with Gasteiger partial charge in [0.1, 0.15) is 40.2 Å². The van der Waals surface area contributed by atoms with E-state index in [1.165, 1.54) is 42.0 Å². The predicted octanol–water partition coefficient (Wildman–Crippen LogP) is 14.7. The van der Waals surface area contributed by atoms with E-state index in [1.54, 1.807) is 64.1 Å². The first-order valence-corrected chi connectivity index (χ1v) is 42.1. The fourth-order valence-electron chi connectivity index (χ4n) is 15.1. The molecule has 3 aliphatic rings. The van der Waals surface area contributed by atoms with E-state index in [9.17, 15) is 41.1 Å². The van der Waals surface area contributed by atoms with Gasteiger partial charge in [0.2, 0.25) is 0 Å². The number of oxazole rings is 1. The Bertz CT molecular complexity index is 6920. The molecule has 12 heterocycles. The Labute approximate surface area is 752 Å². The number of benzene rings is 8. The highest BCUT2D eigenvalue weighted by atomic mass is 19.4. The quantitative estimate of drug-likeness (QED) is 0.0265. The Kier molecular flexibility index (Phi) is 27.1. The number of imidazole rings is 4. The summed E-state index contributed by atoms with van der Waals surface area (Å²) in [4.78, 5) is 93.5. The van der Waals surface area contributed by atoms with Crippen molar-refractivity contribution >= 4 is 90.6 Å². The monoisotopic (exact) mass is 1810 g/mol. The molecule has 9 aromatic heterocycles. The van der Waals surface area contributed by atoms with Gasteiger partial charge in [0.15, 0.2) is 52.6 Å². The number of urea groups is 1. The Morgan fingerprint density at radius 2 is 0.857 bits per heavy atom. The number of hydrogen-bond donors (Lipinski definition) is 13. The number of morpholine rings is 3. The number of hydrogen-bond acceptors (Lipinski definition) is 23. The molecule has 41 heteroatoms. The van der Waals surface area contributed by atoms with Gasteiger partial charge in [-0.25, -0.2) is 38.5 Å². The molecule has 0 bridgehead atoms. The van der Waals surface area contributed by atoms with Gasteiger partial charge in [0.25, 0.3) is 17.7 Å². The first kappa shape index (κ1) is 89.2. The van der Waals surface area contributed by atoms with Crippen molar-refractivity contribution in [3.63, 3.8) is 0 Å². The summed E-state index contributed by atoms with van der Waals surface area (Å²) in [6.45, 7) is 14.7. The van der Waals surface area contributed by atoms with E-state index in [-0.39, 0.29) is 29.7 Å². The van der Waals surface area contributed by atoms with Gasteiger partial charge in [0.05, 0.1) is 169 Å². The van der Waals surface area contributed by atoms with E-state index in [4.69, 9.17) is 42.8 Å². The average Bonchev–Trinajstić information content (AvgIpc) is 1.62. The van der Waals surface area contributed by atoms with E-state index in [1.807, 2.05) is 79.7 Å². The molecule has 0 unspecified atom stereocenters. The number of alkyl halides is 3. The van der Waals surface area contributed by atoms with Crippen LogP contribution in [0.1, 0.15) is 64.6 Å². The standard InChI is InChI=1S/C25H23N7O3.C24H26N6O3.C23H20F4N6O2.C20H19FN6O3/c33-25(22-23(35-15-26-22)17-4-2-1-3-5-17)30-20-13-27-31-21(20)24-28-18-7-6-16(12-19(18)29-24)14-32-8-10-34-11-9-32;1-15-3-5-17(21(11-15)32-2)24(31)28-20-13-25-29-22(20)23-26-18-6-4-16(12-19(18)27-23)14-30-7-9-33-10-8-30;24-16-3-2-14(23(25,26)27)10-15(16)22(34)31-19-11-28-32-20(19)21-29-17-4-1-13(9-18(17)30-21)12-33-5-7-35-8-6-33;1-29-16-7-13-14(8-17(16)30-2)25-19(24-13)18-15(10-23-27-18)26-20(28)22-9-11-3-5-12(21)6-4-11/h1-7,12-13,15H,8-11,14H2,(H,27,31)(H,28,29)(H,30,33);3-6,11-13H,7-10,14H2,1-2H3,(H,25,29)(H,26,27)(H,28,31);1-4,9-11H,5-8,12H2,(H,28,32)(H,29,30)(H,31,34);3-8,10H,9H2,1-2H3,(H,23,27)(H,24,25)(H2,22,26,28). The second-order valence-corrected chi connectivity index (χ2v) is 31.0. The zero-order valence-electron chi connectivity index (χ0n) is 72.0. The van der Waals surface area contributed by atoms with Crippen LogP contribution >= 0.6 is 0 Å². The molecule has 5 amide bonds. The molecule has 17 aromatic rings. The van der Waals surface area contributed by atoms with Crippen LogP contribution in [0.15, 0.2) is 193 Å². The Morgan fingerprint density at radius 1 is 0.436 bits per heavy atom. The van der Waals surface area contributed by atoms with Gasteiger partial charge < -0.3 is 79.4 Å². The topological polar surface area (TPSA) is 449 Å². The van der Waals surface area contributed by atoms with E-state index in [2.05, 4.69) is 141 Å². The molecule has 0 radical (unpaired) electrons. The number of amides is 5. The van der Waals surface area contributed by atoms with Crippen molar-refractivity contribution in [2.75, 3.05) is 122 Å². The van der Waals surface area contributed by atoms with Crippen molar-refractivity contribution < 1.29 is 74.0 Å². The normalized spacial score (nSPS) is 13.8. The molecule has 0 aliphatic carbocycles. The van der Waals surface area contributed by atoms with Crippen LogP contribution in [-0.4, -0.2) is 224 Å². The number of H-pyrrole nitrogens is 8. The minimum atomic E-state index is -4.71. The lowest BCUT2D eigenvalue weighted by molar-refractivity contribution is -0.137. The number of carbonyl (C=O) groups is 4. The second-order valence-electron chi connectivity index (χ2n) is 31.0. The van der Waals surface area contributed by atoms with Gasteiger partial charge >= 0.3 is 12.2 Å². The maximum absolute atomic E-state index is 14.1. The highest BCUT2D eigenvalue weighted by molar-refractivity contribution is 6.09. The third kappa shape index (κ3) is 21.4. The van der Waals surface area contributed by atoms with Crippen molar-refractivity contribution in [2.45, 2.75) is 39.3 Å². The van der Waals surface area contributed by atoms with Crippen LogP contribution in [0.25, 0.3) is 102 Å². The van der Waals surface area contributed by atoms with Crippen molar-refractivity contribution in [2.24, 2.45) is 0 Å². The van der Waals surface area contributed by atoms with Crippen molar-refractivity contribution in [3.05, 3.63) is 251 Å². The summed E-state index contributed by atoms with van der Waals surface area (Å²) >= 11 is 0. The fraction of sp³-hybridized carbons (Fsp3) is 0.228. The van der Waals surface area contributed by atoms with Crippen LogP contribution < -0.4 is 40.8 Å². The minimum absolute atomic E-state index is 0.138. The maximum Gasteiger partial charge on any atom is 0.416 e. The number of nitrogens with one attached hydrogen (secondary N) is 13. The molecule has 3 aliphatic heterocycles. The van der Waals surface area contributed by atoms with E-state index >= 15 is 0 Å². The maximum atomic E-state index is 14.1. The number of aromatic amines is 8. The van der Waals surface area contributed by atoms with E-state index < -0.39 is 41.0 Å². The number of methoxy groups -OCH3 is 3. The SMILES string of the molecule is COc1cc(C)ccc1C(=O)Nc1cn[nH]c1-c1nc2ccc(CN3CCOCC3)cc2[nH]1.COc1cc2nc(-c3[nH]ncc3NC(=O)NCc3ccc(F)cc3)[nH]c2cc1OC.O=C(Nc1cn[nH]c1-c1nc2ccc(CN3CCOCC3)cc2[nH]1)c1cc(C(F)(F)F)ccc1F.O=C(Nc1cn[nH]c1-c1nc2ccc(CN3CCOCC3)cc2[nH]1)c1ncoc1-c1ccccc1. The van der Waals surface area contributed by atoms with Crippen molar-refractivity contribution in [1.29, 1.82) is 0 Å². The first-order chi connectivity index (χ1) is 64.7. The number of ether oxygens (including phenoxy) is 6. The molecular formula is C92H88F5N25O11. The van der Waals surface area contributed by atoms with Crippen molar-refractivity contribution in [3.8, 4) is 74.6 Å². The molecule has 0 saturated carbocycles. The number of anilines is 4. The number of fused-ring (bicyclic) bond motifs is 4. The summed E-state index contributed by atoms with van der Waals surface area (Å²) in [5.74, 6) is 0.991. The van der Waals surface area contributed by atoms with Crippen LogP contribution in [0.2, 0.25) is 0 Å². The molecule has 682 valence electrons. The first-order valence-electron chi connectivity index (χ1n) is 42.1. The van der Waals surface area contributed by atoms with Gasteiger partial charge in [0, 0.05) is 83.1 Å². The molecule has 3 saturated heterocycles. The molecule has 133 heavy (non-hydrogen) atoms. The number of halogens is 5. The Morgan fingerprint density at radius 3 is 1.32 bits per heavy atom. The predicted molar refractivity (Wildman–Crippen MR) is 483 cm³/mol. The minimum Gasteiger partial charge on any atom is -0.496 e. The van der Waals surface area contributed by atoms with E-state index in [0.717, 1.165) is 141 Å². The smallest absolute Gasteiger partial charge is 0.416 e. The average molecular weight is 1810 g/mol. The van der Waals surface area contributed by atoms with E-state index in [0.29, 0.717) is 134 Å². The molecule has 36 nitrogen and oxygen atoms in total. The molecular weight excluding hydrogens is 1730 g/mol. The lowest BCUT2D eigenvalue weighted by Gasteiger charge is -2.26. The van der Waals surface area contributed by atoms with Crippen LogP contribution in [0.4, 0.5) is 49.5 Å². The van der Waals surface area contributed by atoms with Crippen LogP contribution in [0.5, 0.6) is 17.2 Å². The lowest BCUT2D eigenvalue weighted by Crippen LogP contribution is -2.35. The number of aromatic nitrogens is 17. The van der Waals surface area contributed by atoms with Gasteiger partial charge in [-0.05, 0) is 114 Å². The molecule has 20 rings (SSSR count). The molecule has 8 aromatic carbocycles. The molecule has 0 spiro atoms. The summed E-state index contributed by atoms with van der Waals surface area (Å²) < 4.78 is 104. The molecule has 13 N–H and O–H groups in total. The molecule has 3 fully saturated rings. The largest absolute Gasteiger partial charge is 0.496 e. The number of rotatable bonds is 23. The summed E-state index contributed by atoms with van der Waals surface area (Å²) in [5, 5.41) is 41.2. The van der Waals surface area contributed by atoms with Crippen LogP contribution in [-0.2, 0) is 46.6 Å². The summed E-state index contributed by atoms with van der Waals surface area (Å²) in [6.07, 6.45) is 2.44. The van der Waals surface area contributed by atoms with Gasteiger partial charge in [-0.2, -0.15) is 33.6 Å². The number of carbonyl (C=O) groups excluding carboxylic acids is 4. The number of aryl methyl sites for hydroxylation is 1. The zero-order valence-corrected chi connectivity index (χ0v) is 72.0. The van der Waals surface area contributed by atoms with Gasteiger partial charge in [-0.1, -0.05) is 66.7 Å². The Balaban J connectivity index is 0.000000124. The number of nitrogens with zero attached hydrogens (tertiary/aromatic N) is 12. The van der Waals surface area contributed by atoms with Crippen molar-refractivity contribution in [1.82, 2.24) is 106 Å². The zero-order chi connectivity index (χ0) is 92.1.